The number of amides is 1. The lowest BCUT2D eigenvalue weighted by molar-refractivity contribution is 0.0736. The van der Waals surface area contributed by atoms with Gasteiger partial charge in [-0.15, -0.1) is 0 Å². The average Bonchev–Trinajstić information content (AvgIpc) is 2.46. The topological polar surface area (TPSA) is 32.3 Å². The van der Waals surface area contributed by atoms with Crippen molar-refractivity contribution in [3.05, 3.63) is 41.0 Å². The molecule has 0 saturated carbocycles. The van der Waals surface area contributed by atoms with Gasteiger partial charge < -0.3 is 10.2 Å². The van der Waals surface area contributed by atoms with Gasteiger partial charge >= 0.3 is 0 Å². The Morgan fingerprint density at radius 2 is 1.53 bits per heavy atom. The van der Waals surface area contributed by atoms with E-state index in [2.05, 4.69) is 26.1 Å². The van der Waals surface area contributed by atoms with Crippen LogP contribution in [0.4, 0.5) is 0 Å². The average molecular weight is 258 g/mol. The lowest BCUT2D eigenvalue weighted by atomic mass is 10.0. The molecule has 1 aliphatic heterocycles. The van der Waals surface area contributed by atoms with Crippen LogP contribution in [0.3, 0.4) is 0 Å². The summed E-state index contributed by atoms with van der Waals surface area (Å²) in [5.74, 6) is 0.142. The predicted octanol–water partition coefficient (Wildman–Crippen LogP) is 2.55. The summed E-state index contributed by atoms with van der Waals surface area (Å²) in [7, 11) is 0. The van der Waals surface area contributed by atoms with Crippen LogP contribution in [0.25, 0.3) is 5.57 Å². The molecule has 1 N–H and O–H groups in total. The van der Waals surface area contributed by atoms with Crippen molar-refractivity contribution in [2.24, 2.45) is 0 Å². The molecule has 3 nitrogen and oxygen atoms in total. The summed E-state index contributed by atoms with van der Waals surface area (Å²) in [4.78, 5) is 14.2. The first-order valence-corrected chi connectivity index (χ1v) is 6.84. The number of carbonyl (C=O) groups is 1. The van der Waals surface area contributed by atoms with Crippen LogP contribution in [0.15, 0.2) is 29.8 Å². The quantitative estimate of drug-likeness (QED) is 0.884. The lowest BCUT2D eigenvalue weighted by Gasteiger charge is -2.27. The molecule has 0 bridgehead atoms. The Morgan fingerprint density at radius 3 is 2.05 bits per heavy atom. The van der Waals surface area contributed by atoms with Gasteiger partial charge in [0, 0.05) is 31.7 Å². The molecule has 0 spiro atoms. The van der Waals surface area contributed by atoms with Gasteiger partial charge in [-0.1, -0.05) is 17.7 Å². The van der Waals surface area contributed by atoms with Crippen LogP contribution in [0.2, 0.25) is 0 Å². The molecule has 1 saturated heterocycles. The summed E-state index contributed by atoms with van der Waals surface area (Å²) < 4.78 is 0. The van der Waals surface area contributed by atoms with E-state index in [1.165, 1.54) is 16.7 Å². The van der Waals surface area contributed by atoms with E-state index in [1.807, 2.05) is 29.2 Å². The first-order valence-electron chi connectivity index (χ1n) is 6.84. The number of rotatable bonds is 2. The SMILES string of the molecule is CC(C)=C(C)c1ccc(C(=O)N2CCNCC2)cc1. The molecule has 1 amide bonds. The number of nitrogens with zero attached hydrogens (tertiary/aromatic N) is 1. The molecule has 0 unspecified atom stereocenters. The molecule has 0 aromatic heterocycles. The Kier molecular flexibility index (Phi) is 4.38. The van der Waals surface area contributed by atoms with Gasteiger partial charge in [-0.2, -0.15) is 0 Å². The molecule has 1 heterocycles. The summed E-state index contributed by atoms with van der Waals surface area (Å²) in [6, 6.07) is 7.95. The highest BCUT2D eigenvalue weighted by molar-refractivity contribution is 5.94. The minimum absolute atomic E-state index is 0.142. The van der Waals surface area contributed by atoms with Gasteiger partial charge in [0.2, 0.25) is 0 Å². The highest BCUT2D eigenvalue weighted by Crippen LogP contribution is 2.18. The van der Waals surface area contributed by atoms with Gasteiger partial charge in [-0.3, -0.25) is 4.79 Å². The molecule has 0 aliphatic carbocycles. The minimum atomic E-state index is 0.142. The van der Waals surface area contributed by atoms with Crippen LogP contribution in [-0.4, -0.2) is 37.0 Å². The first kappa shape index (κ1) is 13.8. The maximum Gasteiger partial charge on any atom is 0.253 e. The second-order valence-corrected chi connectivity index (χ2v) is 5.24. The van der Waals surface area contributed by atoms with Crippen molar-refractivity contribution >= 4 is 11.5 Å². The van der Waals surface area contributed by atoms with Crippen molar-refractivity contribution in [2.75, 3.05) is 26.2 Å². The lowest BCUT2D eigenvalue weighted by Crippen LogP contribution is -2.46. The second kappa shape index (κ2) is 6.02. The fourth-order valence-electron chi connectivity index (χ4n) is 2.20. The number of hydrogen-bond donors (Lipinski definition) is 1. The summed E-state index contributed by atoms with van der Waals surface area (Å²) in [5, 5.41) is 3.26. The number of nitrogens with one attached hydrogen (secondary N) is 1. The Hall–Kier alpha value is -1.61. The molecule has 102 valence electrons. The third kappa shape index (κ3) is 3.24. The van der Waals surface area contributed by atoms with Crippen LogP contribution in [0, 0.1) is 0 Å². The standard InChI is InChI=1S/C16H22N2O/c1-12(2)13(3)14-4-6-15(7-5-14)16(19)18-10-8-17-9-11-18/h4-7,17H,8-11H2,1-3H3. The largest absolute Gasteiger partial charge is 0.336 e. The molecule has 3 heteroatoms. The van der Waals surface area contributed by atoms with Crippen molar-refractivity contribution in [3.8, 4) is 0 Å². The third-order valence-corrected chi connectivity index (χ3v) is 3.72. The van der Waals surface area contributed by atoms with Gasteiger partial charge in [-0.05, 0) is 44.0 Å². The number of carbonyl (C=O) groups excluding carboxylic acids is 1. The Labute approximate surface area is 115 Å². The fourth-order valence-corrected chi connectivity index (χ4v) is 2.20. The Morgan fingerprint density at radius 1 is 1.00 bits per heavy atom. The molecule has 1 fully saturated rings. The van der Waals surface area contributed by atoms with E-state index in [0.717, 1.165) is 31.7 Å². The van der Waals surface area contributed by atoms with Crippen LogP contribution in [0.5, 0.6) is 0 Å². The molecule has 1 aliphatic rings. The van der Waals surface area contributed by atoms with Gasteiger partial charge in [0.05, 0.1) is 0 Å². The van der Waals surface area contributed by atoms with Crippen molar-refractivity contribution in [2.45, 2.75) is 20.8 Å². The summed E-state index contributed by atoms with van der Waals surface area (Å²) in [6.07, 6.45) is 0. The van der Waals surface area contributed by atoms with E-state index < -0.39 is 0 Å². The van der Waals surface area contributed by atoms with Crippen molar-refractivity contribution < 1.29 is 4.79 Å². The molecular weight excluding hydrogens is 236 g/mol. The molecule has 19 heavy (non-hydrogen) atoms. The normalized spacial score (nSPS) is 15.2. The fraction of sp³-hybridized carbons (Fsp3) is 0.438. The summed E-state index contributed by atoms with van der Waals surface area (Å²) in [5.41, 5.74) is 4.56. The van der Waals surface area contributed by atoms with E-state index in [-0.39, 0.29) is 5.91 Å². The summed E-state index contributed by atoms with van der Waals surface area (Å²) in [6.45, 7) is 9.70. The smallest absolute Gasteiger partial charge is 0.253 e. The van der Waals surface area contributed by atoms with E-state index in [1.54, 1.807) is 0 Å². The molecule has 1 aromatic carbocycles. The zero-order valence-electron chi connectivity index (χ0n) is 12.0. The third-order valence-electron chi connectivity index (χ3n) is 3.72. The number of allylic oxidation sites excluding steroid dienone is 2. The minimum Gasteiger partial charge on any atom is -0.336 e. The molecule has 0 atom stereocenters. The molecule has 0 radical (unpaired) electrons. The maximum atomic E-state index is 12.3. The predicted molar refractivity (Wildman–Crippen MR) is 79.2 cm³/mol. The van der Waals surface area contributed by atoms with Gasteiger partial charge in [0.25, 0.3) is 5.91 Å². The highest BCUT2D eigenvalue weighted by atomic mass is 16.2. The van der Waals surface area contributed by atoms with Gasteiger partial charge in [0.15, 0.2) is 0 Å². The van der Waals surface area contributed by atoms with Crippen molar-refractivity contribution in [1.82, 2.24) is 10.2 Å². The number of benzene rings is 1. The van der Waals surface area contributed by atoms with E-state index in [4.69, 9.17) is 0 Å². The van der Waals surface area contributed by atoms with Crippen LogP contribution in [-0.2, 0) is 0 Å². The van der Waals surface area contributed by atoms with Crippen LogP contribution >= 0.6 is 0 Å². The highest BCUT2D eigenvalue weighted by Gasteiger charge is 2.17. The van der Waals surface area contributed by atoms with Crippen LogP contribution < -0.4 is 5.32 Å². The van der Waals surface area contributed by atoms with Crippen molar-refractivity contribution in [3.63, 3.8) is 0 Å². The number of hydrogen-bond acceptors (Lipinski definition) is 2. The maximum absolute atomic E-state index is 12.3. The molecule has 1 aromatic rings. The summed E-state index contributed by atoms with van der Waals surface area (Å²) >= 11 is 0. The van der Waals surface area contributed by atoms with E-state index in [0.29, 0.717) is 0 Å². The van der Waals surface area contributed by atoms with E-state index >= 15 is 0 Å². The Bertz CT molecular complexity index is 478. The van der Waals surface area contributed by atoms with Gasteiger partial charge in [0.1, 0.15) is 0 Å². The van der Waals surface area contributed by atoms with E-state index in [9.17, 15) is 4.79 Å². The molecular formula is C16H22N2O. The van der Waals surface area contributed by atoms with Gasteiger partial charge in [-0.25, -0.2) is 0 Å². The monoisotopic (exact) mass is 258 g/mol. The van der Waals surface area contributed by atoms with Crippen LogP contribution in [0.1, 0.15) is 36.7 Å². The second-order valence-electron chi connectivity index (χ2n) is 5.24. The zero-order valence-corrected chi connectivity index (χ0v) is 12.0. The molecule has 2 rings (SSSR count). The van der Waals surface area contributed by atoms with Crippen molar-refractivity contribution in [1.29, 1.82) is 0 Å². The Balaban J connectivity index is 2.14. The first-order chi connectivity index (χ1) is 9.09. The zero-order chi connectivity index (χ0) is 13.8. The number of piperazine rings is 1.